The Labute approximate surface area is 157 Å². The Bertz CT molecular complexity index is 396. The van der Waals surface area contributed by atoms with E-state index in [1.165, 1.54) is 12.8 Å². The Kier molecular flexibility index (Phi) is 9.19. The molecule has 1 N–H and O–H groups in total. The zero-order valence-corrected chi connectivity index (χ0v) is 17.1. The normalized spacial score (nSPS) is 22.1. The number of hydrogen-bond acceptors (Lipinski definition) is 3. The highest BCUT2D eigenvalue weighted by molar-refractivity contribution is 14.0. The number of aliphatic imine (C=N–C) groups is 1. The first-order chi connectivity index (χ1) is 10.6. The number of guanidine groups is 1. The molecular weight excluding hydrogens is 405 g/mol. The highest BCUT2D eigenvalue weighted by Crippen LogP contribution is 2.18. The van der Waals surface area contributed by atoms with Crippen molar-refractivity contribution in [3.05, 3.63) is 0 Å². The number of hydrogen-bond donors (Lipinski definition) is 1. The van der Waals surface area contributed by atoms with Gasteiger partial charge in [-0.25, -0.2) is 0 Å². The van der Waals surface area contributed by atoms with Gasteiger partial charge in [-0.05, 0) is 38.6 Å². The van der Waals surface area contributed by atoms with Gasteiger partial charge in [-0.2, -0.15) is 0 Å². The van der Waals surface area contributed by atoms with Gasteiger partial charge in [-0.15, -0.1) is 24.0 Å². The van der Waals surface area contributed by atoms with Crippen LogP contribution in [-0.4, -0.2) is 86.5 Å². The second-order valence-corrected chi connectivity index (χ2v) is 6.45. The van der Waals surface area contributed by atoms with Gasteiger partial charge in [0.25, 0.3) is 0 Å². The third-order valence-electron chi connectivity index (χ3n) is 4.61. The molecule has 0 aromatic heterocycles. The van der Waals surface area contributed by atoms with Crippen LogP contribution in [-0.2, 0) is 4.79 Å². The molecule has 0 radical (unpaired) electrons. The maximum Gasteiger partial charge on any atom is 0.239 e. The van der Waals surface area contributed by atoms with E-state index in [-0.39, 0.29) is 35.9 Å². The minimum Gasteiger partial charge on any atom is -0.356 e. The van der Waals surface area contributed by atoms with E-state index < -0.39 is 0 Å². The van der Waals surface area contributed by atoms with Gasteiger partial charge in [0, 0.05) is 47.3 Å². The molecule has 1 unspecified atom stereocenters. The third-order valence-corrected chi connectivity index (χ3v) is 4.61. The molecule has 2 aliphatic rings. The molecule has 7 heteroatoms. The van der Waals surface area contributed by atoms with Gasteiger partial charge < -0.3 is 15.1 Å². The molecule has 1 atom stereocenters. The summed E-state index contributed by atoms with van der Waals surface area (Å²) in [6, 6.07) is 0.0906. The van der Waals surface area contributed by atoms with Crippen LogP contribution in [0.5, 0.6) is 0 Å². The summed E-state index contributed by atoms with van der Waals surface area (Å²) < 4.78 is 0. The molecule has 2 heterocycles. The lowest BCUT2D eigenvalue weighted by molar-refractivity contribution is -0.133. The Hall–Kier alpha value is -0.570. The van der Waals surface area contributed by atoms with Crippen molar-refractivity contribution in [2.45, 2.75) is 38.1 Å². The van der Waals surface area contributed by atoms with Crippen molar-refractivity contribution in [3.63, 3.8) is 0 Å². The van der Waals surface area contributed by atoms with Crippen molar-refractivity contribution in [3.8, 4) is 0 Å². The monoisotopic (exact) mass is 437 g/mol. The van der Waals surface area contributed by atoms with Crippen LogP contribution in [0.25, 0.3) is 0 Å². The lowest BCUT2D eigenvalue weighted by Crippen LogP contribution is -2.44. The van der Waals surface area contributed by atoms with E-state index in [0.29, 0.717) is 0 Å². The number of likely N-dealkylation sites (N-methyl/N-ethyl adjacent to an activating group) is 1. The molecule has 0 saturated carbocycles. The molecule has 0 aromatic carbocycles. The van der Waals surface area contributed by atoms with E-state index in [1.807, 2.05) is 21.1 Å². The SMILES string of the molecule is CN=C(NCCCN1CCCC1C(=O)N(C)C)N1CCCC1.I. The quantitative estimate of drug-likeness (QED) is 0.304. The van der Waals surface area contributed by atoms with Gasteiger partial charge >= 0.3 is 0 Å². The third kappa shape index (κ3) is 5.77. The molecular formula is C16H32IN5O. The summed E-state index contributed by atoms with van der Waals surface area (Å²) in [6.07, 6.45) is 5.71. The Balaban J connectivity index is 0.00000264. The summed E-state index contributed by atoms with van der Waals surface area (Å²) in [5.41, 5.74) is 0. The van der Waals surface area contributed by atoms with E-state index in [4.69, 9.17) is 0 Å². The Morgan fingerprint density at radius 3 is 2.52 bits per heavy atom. The van der Waals surface area contributed by atoms with E-state index in [1.54, 1.807) is 4.90 Å². The first-order valence-electron chi connectivity index (χ1n) is 8.54. The van der Waals surface area contributed by atoms with Gasteiger partial charge in [0.15, 0.2) is 5.96 Å². The molecule has 23 heavy (non-hydrogen) atoms. The number of amides is 1. The van der Waals surface area contributed by atoms with Crippen LogP contribution >= 0.6 is 24.0 Å². The summed E-state index contributed by atoms with van der Waals surface area (Å²) >= 11 is 0. The average molecular weight is 437 g/mol. The maximum atomic E-state index is 12.2. The average Bonchev–Trinajstić information content (AvgIpc) is 3.17. The maximum absolute atomic E-state index is 12.2. The Morgan fingerprint density at radius 2 is 1.91 bits per heavy atom. The summed E-state index contributed by atoms with van der Waals surface area (Å²) in [7, 11) is 5.55. The predicted octanol–water partition coefficient (Wildman–Crippen LogP) is 1.22. The standard InChI is InChI=1S/C16H31N5O.HI/c1-17-16(21-10-4-5-11-21)18-9-7-13-20-12-6-8-14(20)15(22)19(2)3;/h14H,4-13H2,1-3H3,(H,17,18);1H. The fourth-order valence-corrected chi connectivity index (χ4v) is 3.42. The van der Waals surface area contributed by atoms with Crippen molar-refractivity contribution in [1.82, 2.24) is 20.0 Å². The molecule has 2 aliphatic heterocycles. The van der Waals surface area contributed by atoms with Crippen molar-refractivity contribution < 1.29 is 4.79 Å². The second kappa shape index (κ2) is 10.3. The lowest BCUT2D eigenvalue weighted by atomic mass is 10.2. The second-order valence-electron chi connectivity index (χ2n) is 6.45. The Morgan fingerprint density at radius 1 is 1.22 bits per heavy atom. The fraction of sp³-hybridized carbons (Fsp3) is 0.875. The molecule has 1 amide bonds. The molecule has 0 spiro atoms. The van der Waals surface area contributed by atoms with Crippen LogP contribution in [0.2, 0.25) is 0 Å². The first-order valence-corrected chi connectivity index (χ1v) is 8.54. The number of carbonyl (C=O) groups excluding carboxylic acids is 1. The topological polar surface area (TPSA) is 51.2 Å². The van der Waals surface area contributed by atoms with Gasteiger partial charge in [0.1, 0.15) is 0 Å². The minimum atomic E-state index is 0. The van der Waals surface area contributed by atoms with Crippen molar-refractivity contribution >= 4 is 35.8 Å². The van der Waals surface area contributed by atoms with Crippen LogP contribution in [0.4, 0.5) is 0 Å². The van der Waals surface area contributed by atoms with Crippen molar-refractivity contribution in [2.24, 2.45) is 4.99 Å². The van der Waals surface area contributed by atoms with Crippen molar-refractivity contribution in [1.29, 1.82) is 0 Å². The molecule has 6 nitrogen and oxygen atoms in total. The zero-order chi connectivity index (χ0) is 15.9. The van der Waals surface area contributed by atoms with Crippen LogP contribution < -0.4 is 5.32 Å². The molecule has 2 saturated heterocycles. The number of nitrogens with one attached hydrogen (secondary N) is 1. The zero-order valence-electron chi connectivity index (χ0n) is 14.8. The van der Waals surface area contributed by atoms with E-state index in [0.717, 1.165) is 57.9 Å². The minimum absolute atomic E-state index is 0. The molecule has 0 aliphatic carbocycles. The van der Waals surface area contributed by atoms with E-state index >= 15 is 0 Å². The van der Waals surface area contributed by atoms with E-state index in [9.17, 15) is 4.79 Å². The number of halogens is 1. The predicted molar refractivity (Wildman–Crippen MR) is 105 cm³/mol. The van der Waals surface area contributed by atoms with Gasteiger partial charge in [0.2, 0.25) is 5.91 Å². The van der Waals surface area contributed by atoms with Crippen LogP contribution in [0.3, 0.4) is 0 Å². The largest absolute Gasteiger partial charge is 0.356 e. The first kappa shape index (κ1) is 20.5. The summed E-state index contributed by atoms with van der Waals surface area (Å²) in [5.74, 6) is 1.28. The summed E-state index contributed by atoms with van der Waals surface area (Å²) in [4.78, 5) is 22.9. The molecule has 0 bridgehead atoms. The highest BCUT2D eigenvalue weighted by Gasteiger charge is 2.31. The summed E-state index contributed by atoms with van der Waals surface area (Å²) in [6.45, 7) is 5.18. The number of carbonyl (C=O) groups is 1. The number of rotatable bonds is 5. The van der Waals surface area contributed by atoms with Crippen LogP contribution in [0.15, 0.2) is 4.99 Å². The molecule has 2 rings (SSSR count). The van der Waals surface area contributed by atoms with Crippen LogP contribution in [0, 0.1) is 0 Å². The number of nitrogens with zero attached hydrogens (tertiary/aromatic N) is 4. The highest BCUT2D eigenvalue weighted by atomic mass is 127. The number of likely N-dealkylation sites (tertiary alicyclic amines) is 2. The lowest BCUT2D eigenvalue weighted by Gasteiger charge is -2.26. The van der Waals surface area contributed by atoms with Gasteiger partial charge in [0.05, 0.1) is 6.04 Å². The van der Waals surface area contributed by atoms with Gasteiger partial charge in [-0.3, -0.25) is 14.7 Å². The van der Waals surface area contributed by atoms with Crippen molar-refractivity contribution in [2.75, 3.05) is 53.9 Å². The molecule has 2 fully saturated rings. The molecule has 134 valence electrons. The fourth-order valence-electron chi connectivity index (χ4n) is 3.42. The molecule has 0 aromatic rings. The smallest absolute Gasteiger partial charge is 0.239 e. The summed E-state index contributed by atoms with van der Waals surface area (Å²) in [5, 5.41) is 3.46. The van der Waals surface area contributed by atoms with Gasteiger partial charge in [-0.1, -0.05) is 0 Å². The van der Waals surface area contributed by atoms with E-state index in [2.05, 4.69) is 20.1 Å². The van der Waals surface area contributed by atoms with Crippen LogP contribution in [0.1, 0.15) is 32.1 Å².